The number of hydrogen-bond donors (Lipinski definition) is 0. The molecule has 0 aliphatic heterocycles. The van der Waals surface area contributed by atoms with Crippen molar-refractivity contribution in [3.05, 3.63) is 35.1 Å². The van der Waals surface area contributed by atoms with Crippen molar-refractivity contribution >= 4 is 0 Å². The van der Waals surface area contributed by atoms with Crippen molar-refractivity contribution in [2.45, 2.75) is 90.4 Å². The molecule has 3 heteroatoms. The molecule has 0 saturated heterocycles. The summed E-state index contributed by atoms with van der Waals surface area (Å²) in [6, 6.07) is 2.31. The Kier molecular flexibility index (Phi) is 7.66. The van der Waals surface area contributed by atoms with E-state index in [1.165, 1.54) is 70.6 Å². The molecule has 1 aromatic carbocycles. The zero-order valence-electron chi connectivity index (χ0n) is 16.8. The lowest BCUT2D eigenvalue weighted by Crippen LogP contribution is -2.26. The maximum atomic E-state index is 13.3. The van der Waals surface area contributed by atoms with Crippen LogP contribution in [-0.2, 0) is 6.42 Å². The molecule has 0 atom stereocenters. The van der Waals surface area contributed by atoms with Crippen LogP contribution in [0.15, 0.2) is 12.1 Å². The molecular weight excluding hydrogens is 345 g/mol. The molecule has 0 radical (unpaired) electrons. The molecule has 27 heavy (non-hydrogen) atoms. The molecule has 0 heterocycles. The van der Waals surface area contributed by atoms with Crippen LogP contribution >= 0.6 is 0 Å². The van der Waals surface area contributed by atoms with Gasteiger partial charge < -0.3 is 0 Å². The number of halogens is 3. The minimum Gasteiger partial charge on any atom is -0.204 e. The highest BCUT2D eigenvalue weighted by atomic mass is 19.2. The summed E-state index contributed by atoms with van der Waals surface area (Å²) in [4.78, 5) is 0. The Balaban J connectivity index is 1.38. The summed E-state index contributed by atoms with van der Waals surface area (Å²) in [7, 11) is 0. The Morgan fingerprint density at radius 3 is 1.70 bits per heavy atom. The van der Waals surface area contributed by atoms with Crippen molar-refractivity contribution in [1.82, 2.24) is 0 Å². The maximum Gasteiger partial charge on any atom is 0.194 e. The second-order valence-corrected chi connectivity index (χ2v) is 9.12. The Hall–Kier alpha value is -0.990. The second-order valence-electron chi connectivity index (χ2n) is 9.12. The summed E-state index contributed by atoms with van der Waals surface area (Å²) in [6.45, 7) is 2.28. The summed E-state index contributed by atoms with van der Waals surface area (Å²) < 4.78 is 39.7. The second kappa shape index (κ2) is 9.98. The van der Waals surface area contributed by atoms with Gasteiger partial charge in [0.25, 0.3) is 0 Å². The van der Waals surface area contributed by atoms with Crippen LogP contribution in [0, 0.1) is 41.1 Å². The average molecular weight is 381 g/mol. The molecule has 2 aliphatic carbocycles. The van der Waals surface area contributed by atoms with E-state index in [9.17, 15) is 13.2 Å². The number of unbranched alkanes of at least 4 members (excludes halogenated alkanes) is 1. The van der Waals surface area contributed by atoms with Crippen molar-refractivity contribution in [3.8, 4) is 0 Å². The van der Waals surface area contributed by atoms with Gasteiger partial charge in [-0.05, 0) is 79.9 Å². The standard InChI is InChI=1S/C24H35F3/c1-2-3-4-17-7-11-20(12-8-17)21-13-9-18(10-14-21)5-6-19-15-22(25)24(27)23(26)16-19/h15-18,20-21H,2-14H2,1H3. The third-order valence-corrected chi connectivity index (χ3v) is 7.30. The molecule has 1 aromatic rings. The average Bonchev–Trinajstić information content (AvgIpc) is 2.69. The number of aryl methyl sites for hydroxylation is 1. The third-order valence-electron chi connectivity index (χ3n) is 7.30. The van der Waals surface area contributed by atoms with E-state index in [4.69, 9.17) is 0 Å². The fourth-order valence-corrected chi connectivity index (χ4v) is 5.51. The topological polar surface area (TPSA) is 0 Å². The van der Waals surface area contributed by atoms with Crippen molar-refractivity contribution in [2.75, 3.05) is 0 Å². The minimum absolute atomic E-state index is 0.582. The zero-order valence-corrected chi connectivity index (χ0v) is 16.8. The molecular formula is C24H35F3. The van der Waals surface area contributed by atoms with Crippen LogP contribution in [0.2, 0.25) is 0 Å². The zero-order chi connectivity index (χ0) is 19.2. The highest BCUT2D eigenvalue weighted by molar-refractivity contribution is 5.19. The lowest BCUT2D eigenvalue weighted by atomic mass is 9.68. The molecule has 0 aromatic heterocycles. The number of hydrogen-bond acceptors (Lipinski definition) is 0. The lowest BCUT2D eigenvalue weighted by Gasteiger charge is -2.38. The monoisotopic (exact) mass is 380 g/mol. The van der Waals surface area contributed by atoms with E-state index < -0.39 is 17.5 Å². The lowest BCUT2D eigenvalue weighted by molar-refractivity contribution is 0.140. The first-order valence-corrected chi connectivity index (χ1v) is 11.2. The van der Waals surface area contributed by atoms with Gasteiger partial charge in [-0.25, -0.2) is 13.2 Å². The van der Waals surface area contributed by atoms with Crippen LogP contribution < -0.4 is 0 Å². The van der Waals surface area contributed by atoms with Crippen LogP contribution in [0.3, 0.4) is 0 Å². The van der Waals surface area contributed by atoms with Crippen molar-refractivity contribution < 1.29 is 13.2 Å². The van der Waals surface area contributed by atoms with Crippen molar-refractivity contribution in [2.24, 2.45) is 23.7 Å². The van der Waals surface area contributed by atoms with Gasteiger partial charge in [0.2, 0.25) is 0 Å². The van der Waals surface area contributed by atoms with E-state index in [-0.39, 0.29) is 0 Å². The van der Waals surface area contributed by atoms with Gasteiger partial charge in [-0.1, -0.05) is 51.9 Å². The van der Waals surface area contributed by atoms with Crippen LogP contribution in [0.1, 0.15) is 89.5 Å². The molecule has 2 saturated carbocycles. The molecule has 0 nitrogen and oxygen atoms in total. The first kappa shape index (κ1) is 20.7. The minimum atomic E-state index is -1.36. The largest absolute Gasteiger partial charge is 0.204 e. The van der Waals surface area contributed by atoms with Crippen molar-refractivity contribution in [1.29, 1.82) is 0 Å². The van der Waals surface area contributed by atoms with E-state index in [1.807, 2.05) is 0 Å². The van der Waals surface area contributed by atoms with E-state index in [1.54, 1.807) is 0 Å². The molecule has 3 rings (SSSR count). The first-order chi connectivity index (χ1) is 13.1. The Bertz CT molecular complexity index is 558. The van der Waals surface area contributed by atoms with Gasteiger partial charge in [0, 0.05) is 0 Å². The maximum absolute atomic E-state index is 13.3. The van der Waals surface area contributed by atoms with Gasteiger partial charge in [0.05, 0.1) is 0 Å². The molecule has 0 N–H and O–H groups in total. The number of rotatable bonds is 7. The van der Waals surface area contributed by atoms with Crippen LogP contribution in [-0.4, -0.2) is 0 Å². The predicted molar refractivity (Wildman–Crippen MR) is 105 cm³/mol. The molecule has 0 bridgehead atoms. The van der Waals surface area contributed by atoms with E-state index in [0.717, 1.165) is 36.3 Å². The van der Waals surface area contributed by atoms with E-state index in [0.29, 0.717) is 17.9 Å². The summed E-state index contributed by atoms with van der Waals surface area (Å²) in [6.07, 6.45) is 16.6. The summed E-state index contributed by atoms with van der Waals surface area (Å²) >= 11 is 0. The molecule has 0 amide bonds. The van der Waals surface area contributed by atoms with Gasteiger partial charge in [0.15, 0.2) is 17.5 Å². The Morgan fingerprint density at radius 2 is 1.22 bits per heavy atom. The Labute approximate surface area is 162 Å². The van der Waals surface area contributed by atoms with Crippen LogP contribution in [0.25, 0.3) is 0 Å². The molecule has 152 valence electrons. The molecule has 0 unspecified atom stereocenters. The molecule has 2 fully saturated rings. The quantitative estimate of drug-likeness (QED) is 0.423. The van der Waals surface area contributed by atoms with Gasteiger partial charge >= 0.3 is 0 Å². The van der Waals surface area contributed by atoms with E-state index in [2.05, 4.69) is 6.92 Å². The first-order valence-electron chi connectivity index (χ1n) is 11.2. The predicted octanol–water partition coefficient (Wildman–Crippen LogP) is 7.84. The van der Waals surface area contributed by atoms with E-state index >= 15 is 0 Å². The highest BCUT2D eigenvalue weighted by Gasteiger charge is 2.30. The van der Waals surface area contributed by atoms with Crippen LogP contribution in [0.5, 0.6) is 0 Å². The molecule has 2 aliphatic rings. The fourth-order valence-electron chi connectivity index (χ4n) is 5.51. The van der Waals surface area contributed by atoms with Gasteiger partial charge in [-0.2, -0.15) is 0 Å². The normalized spacial score (nSPS) is 29.0. The smallest absolute Gasteiger partial charge is 0.194 e. The SMILES string of the molecule is CCCCC1CCC(C2CCC(CCc3cc(F)c(F)c(F)c3)CC2)CC1. The third kappa shape index (κ3) is 5.74. The fraction of sp³-hybridized carbons (Fsp3) is 0.750. The van der Waals surface area contributed by atoms with Crippen LogP contribution in [0.4, 0.5) is 13.2 Å². The summed E-state index contributed by atoms with van der Waals surface area (Å²) in [5.41, 5.74) is 0.582. The number of benzene rings is 1. The highest BCUT2D eigenvalue weighted by Crippen LogP contribution is 2.43. The summed E-state index contributed by atoms with van der Waals surface area (Å²) in [5.74, 6) is -0.0271. The molecule has 0 spiro atoms. The summed E-state index contributed by atoms with van der Waals surface area (Å²) in [5, 5.41) is 0. The Morgan fingerprint density at radius 1 is 0.741 bits per heavy atom. The van der Waals surface area contributed by atoms with Gasteiger partial charge in [-0.15, -0.1) is 0 Å². The van der Waals surface area contributed by atoms with Gasteiger partial charge in [0.1, 0.15) is 0 Å². The van der Waals surface area contributed by atoms with Gasteiger partial charge in [-0.3, -0.25) is 0 Å². The van der Waals surface area contributed by atoms with Crippen molar-refractivity contribution in [3.63, 3.8) is 0 Å².